The molecule has 2 N–H and O–H groups in total. The van der Waals surface area contributed by atoms with Gasteiger partial charge in [-0.3, -0.25) is 4.57 Å². The first-order valence-electron chi connectivity index (χ1n) is 7.49. The second-order valence-electron chi connectivity index (χ2n) is 5.46. The minimum absolute atomic E-state index is 0.0442. The maximum Gasteiger partial charge on any atom is 0.240 e. The van der Waals surface area contributed by atoms with Gasteiger partial charge in [0, 0.05) is 17.6 Å². The van der Waals surface area contributed by atoms with E-state index < -0.39 is 10.0 Å². The summed E-state index contributed by atoms with van der Waals surface area (Å²) in [7, 11) is 0.517. The molecule has 10 heteroatoms. The monoisotopic (exact) mass is 378 g/mol. The summed E-state index contributed by atoms with van der Waals surface area (Å²) in [5.74, 6) is 1.35. The largest absolute Gasteiger partial charge is 0.497 e. The number of hydrogen-bond donors (Lipinski definition) is 1. The number of methoxy groups -OCH3 is 3. The summed E-state index contributed by atoms with van der Waals surface area (Å²) < 4.78 is 41.3. The van der Waals surface area contributed by atoms with Crippen molar-refractivity contribution in [3.8, 4) is 23.5 Å². The SMILES string of the molecule is COc1ccc2c(S(N)(=O)=O)cn(-c3nc(OC)c(C)c(OC)n3)c2c1. The molecule has 1 aromatic carbocycles. The fraction of sp³-hybridized carbons (Fsp3) is 0.250. The van der Waals surface area contributed by atoms with Gasteiger partial charge in [0.05, 0.1) is 32.4 Å². The maximum absolute atomic E-state index is 12.0. The van der Waals surface area contributed by atoms with Crippen molar-refractivity contribution in [1.29, 1.82) is 0 Å². The highest BCUT2D eigenvalue weighted by molar-refractivity contribution is 7.89. The van der Waals surface area contributed by atoms with E-state index in [2.05, 4.69) is 9.97 Å². The van der Waals surface area contributed by atoms with E-state index in [0.29, 0.717) is 34.0 Å². The van der Waals surface area contributed by atoms with Gasteiger partial charge in [-0.25, -0.2) is 13.6 Å². The molecular weight excluding hydrogens is 360 g/mol. The summed E-state index contributed by atoms with van der Waals surface area (Å²) in [5.41, 5.74) is 1.14. The van der Waals surface area contributed by atoms with Crippen LogP contribution in [0, 0.1) is 6.92 Å². The van der Waals surface area contributed by atoms with Crippen LogP contribution in [0.5, 0.6) is 17.5 Å². The zero-order valence-electron chi connectivity index (χ0n) is 14.7. The molecular formula is C16H18N4O5S. The lowest BCUT2D eigenvalue weighted by atomic mass is 10.2. The van der Waals surface area contributed by atoms with Gasteiger partial charge in [0.1, 0.15) is 10.6 Å². The maximum atomic E-state index is 12.0. The Bertz CT molecular complexity index is 1070. The number of primary sulfonamides is 1. The van der Waals surface area contributed by atoms with Gasteiger partial charge in [0.2, 0.25) is 27.7 Å². The van der Waals surface area contributed by atoms with Gasteiger partial charge in [0.25, 0.3) is 0 Å². The number of fused-ring (bicyclic) bond motifs is 1. The quantitative estimate of drug-likeness (QED) is 0.713. The highest BCUT2D eigenvalue weighted by atomic mass is 32.2. The molecule has 0 unspecified atom stereocenters. The molecule has 3 rings (SSSR count). The van der Waals surface area contributed by atoms with Gasteiger partial charge in [0.15, 0.2) is 0 Å². The predicted molar refractivity (Wildman–Crippen MR) is 94.6 cm³/mol. The molecule has 3 aromatic rings. The van der Waals surface area contributed by atoms with Crippen LogP contribution in [0.1, 0.15) is 5.56 Å². The lowest BCUT2D eigenvalue weighted by molar-refractivity contribution is 0.365. The van der Waals surface area contributed by atoms with E-state index in [4.69, 9.17) is 19.3 Å². The Labute approximate surface area is 150 Å². The zero-order valence-corrected chi connectivity index (χ0v) is 15.5. The van der Waals surface area contributed by atoms with Gasteiger partial charge in [-0.05, 0) is 19.1 Å². The Morgan fingerprint density at radius 3 is 2.15 bits per heavy atom. The lowest BCUT2D eigenvalue weighted by Gasteiger charge is -2.11. The zero-order chi connectivity index (χ0) is 19.1. The summed E-state index contributed by atoms with van der Waals surface area (Å²) in [6.45, 7) is 1.76. The summed E-state index contributed by atoms with van der Waals surface area (Å²) in [6.07, 6.45) is 1.36. The summed E-state index contributed by atoms with van der Waals surface area (Å²) in [4.78, 5) is 8.64. The number of nitrogens with two attached hydrogens (primary N) is 1. The molecule has 0 bridgehead atoms. The van der Waals surface area contributed by atoms with Crippen molar-refractivity contribution >= 4 is 20.9 Å². The fourth-order valence-corrected chi connectivity index (χ4v) is 3.40. The Balaban J connectivity index is 2.38. The Kier molecular flexibility index (Phi) is 4.46. The standard InChI is InChI=1S/C16H18N4O5S/c1-9-14(24-3)18-16(19-15(9)25-4)20-8-13(26(17,21)22)11-6-5-10(23-2)7-12(11)20/h5-8H,1-4H3,(H2,17,21,22). The van der Waals surface area contributed by atoms with Crippen LogP contribution in [-0.4, -0.2) is 44.3 Å². The number of aromatic nitrogens is 3. The molecule has 0 fully saturated rings. The van der Waals surface area contributed by atoms with Crippen molar-refractivity contribution in [3.63, 3.8) is 0 Å². The van der Waals surface area contributed by atoms with Crippen molar-refractivity contribution in [1.82, 2.24) is 14.5 Å². The first-order valence-corrected chi connectivity index (χ1v) is 9.03. The minimum atomic E-state index is -3.96. The highest BCUT2D eigenvalue weighted by Crippen LogP contribution is 2.32. The van der Waals surface area contributed by atoms with E-state index in [0.717, 1.165) is 0 Å². The number of ether oxygens (including phenoxy) is 3. The van der Waals surface area contributed by atoms with Crippen LogP contribution in [0.3, 0.4) is 0 Å². The van der Waals surface area contributed by atoms with Crippen LogP contribution in [0.2, 0.25) is 0 Å². The first kappa shape index (κ1) is 18.0. The smallest absolute Gasteiger partial charge is 0.240 e. The van der Waals surface area contributed by atoms with E-state index in [1.165, 1.54) is 32.1 Å². The van der Waals surface area contributed by atoms with Crippen molar-refractivity contribution in [2.24, 2.45) is 5.14 Å². The molecule has 2 heterocycles. The number of hydrogen-bond acceptors (Lipinski definition) is 7. The van der Waals surface area contributed by atoms with Crippen LogP contribution in [0.25, 0.3) is 16.9 Å². The third-order valence-corrected chi connectivity index (χ3v) is 4.87. The molecule has 0 atom stereocenters. The van der Waals surface area contributed by atoms with Crippen molar-refractivity contribution in [3.05, 3.63) is 30.0 Å². The van der Waals surface area contributed by atoms with Gasteiger partial charge < -0.3 is 14.2 Å². The molecule has 138 valence electrons. The Morgan fingerprint density at radius 1 is 1.04 bits per heavy atom. The molecule has 0 aliphatic rings. The van der Waals surface area contributed by atoms with Gasteiger partial charge in [-0.2, -0.15) is 9.97 Å². The Morgan fingerprint density at radius 2 is 1.65 bits per heavy atom. The number of nitrogens with zero attached hydrogens (tertiary/aromatic N) is 3. The van der Waals surface area contributed by atoms with Crippen LogP contribution >= 0.6 is 0 Å². The van der Waals surface area contributed by atoms with E-state index in [1.54, 1.807) is 25.1 Å². The van der Waals surface area contributed by atoms with Gasteiger partial charge >= 0.3 is 0 Å². The molecule has 0 radical (unpaired) electrons. The molecule has 0 amide bonds. The average molecular weight is 378 g/mol. The van der Waals surface area contributed by atoms with Crippen molar-refractivity contribution in [2.45, 2.75) is 11.8 Å². The summed E-state index contributed by atoms with van der Waals surface area (Å²) >= 11 is 0. The minimum Gasteiger partial charge on any atom is -0.497 e. The molecule has 2 aromatic heterocycles. The highest BCUT2D eigenvalue weighted by Gasteiger charge is 2.21. The van der Waals surface area contributed by atoms with E-state index >= 15 is 0 Å². The Hall–Kier alpha value is -2.85. The topological polar surface area (TPSA) is 119 Å². The van der Waals surface area contributed by atoms with Gasteiger partial charge in [-0.1, -0.05) is 0 Å². The summed E-state index contributed by atoms with van der Waals surface area (Å²) in [5, 5.41) is 5.78. The normalized spacial score (nSPS) is 11.6. The first-order chi connectivity index (χ1) is 12.3. The molecule has 26 heavy (non-hydrogen) atoms. The lowest BCUT2D eigenvalue weighted by Crippen LogP contribution is -2.11. The molecule has 0 spiro atoms. The van der Waals surface area contributed by atoms with Crippen LogP contribution < -0.4 is 19.3 Å². The summed E-state index contributed by atoms with van der Waals surface area (Å²) in [6, 6.07) is 4.94. The second-order valence-corrected chi connectivity index (χ2v) is 6.99. The van der Waals surface area contributed by atoms with E-state index in [-0.39, 0.29) is 10.8 Å². The third kappa shape index (κ3) is 2.93. The number of sulfonamides is 1. The number of benzene rings is 1. The molecule has 9 nitrogen and oxygen atoms in total. The van der Waals surface area contributed by atoms with Crippen LogP contribution in [0.15, 0.2) is 29.3 Å². The second kappa shape index (κ2) is 6.46. The van der Waals surface area contributed by atoms with Crippen molar-refractivity contribution in [2.75, 3.05) is 21.3 Å². The predicted octanol–water partition coefficient (Wildman–Crippen LogP) is 1.40. The van der Waals surface area contributed by atoms with Crippen molar-refractivity contribution < 1.29 is 22.6 Å². The van der Waals surface area contributed by atoms with E-state index in [9.17, 15) is 8.42 Å². The fourth-order valence-electron chi connectivity index (χ4n) is 2.67. The third-order valence-electron chi connectivity index (χ3n) is 3.93. The molecule has 0 aliphatic carbocycles. The van der Waals surface area contributed by atoms with Crippen LogP contribution in [-0.2, 0) is 10.0 Å². The average Bonchev–Trinajstić information content (AvgIpc) is 3.01. The number of rotatable bonds is 5. The van der Waals surface area contributed by atoms with E-state index in [1.807, 2.05) is 0 Å². The molecule has 0 aliphatic heterocycles. The van der Waals surface area contributed by atoms with Gasteiger partial charge in [-0.15, -0.1) is 0 Å². The molecule has 0 saturated heterocycles. The van der Waals surface area contributed by atoms with Crippen LogP contribution in [0.4, 0.5) is 0 Å². The molecule has 0 saturated carbocycles.